The van der Waals surface area contributed by atoms with Gasteiger partial charge in [-0.25, -0.2) is 9.65 Å². The smallest absolute Gasteiger partial charge is 0.862 e. The van der Waals surface area contributed by atoms with Gasteiger partial charge in [-0.1, -0.05) is 20.3 Å². The number of carboxylic acid groups (broad SMARTS) is 1. The summed E-state index contributed by atoms with van der Waals surface area (Å²) in [7, 11) is -4.32. The van der Waals surface area contributed by atoms with Gasteiger partial charge in [0, 0.05) is 6.54 Å². The predicted molar refractivity (Wildman–Crippen MR) is 170 cm³/mol. The van der Waals surface area contributed by atoms with E-state index in [0.29, 0.717) is 6.42 Å². The number of aliphatic imine (C=N–C) groups is 1. The third kappa shape index (κ3) is 21.9. The Morgan fingerprint density at radius 3 is 2.04 bits per heavy atom. The van der Waals surface area contributed by atoms with Crippen molar-refractivity contribution in [3.05, 3.63) is 0 Å². The van der Waals surface area contributed by atoms with Gasteiger partial charge in [-0.15, -0.1) is 0 Å². The van der Waals surface area contributed by atoms with E-state index in [0.717, 1.165) is 0 Å². The number of amides is 5. The number of nitrogens with one attached hydrogen (secondary N) is 7. The van der Waals surface area contributed by atoms with Crippen LogP contribution in [0.3, 0.4) is 0 Å². The molecule has 0 aromatic heterocycles. The van der Waals surface area contributed by atoms with Crippen LogP contribution in [0.4, 0.5) is 0 Å². The van der Waals surface area contributed by atoms with Gasteiger partial charge in [0.05, 0.1) is 19.2 Å². The molecule has 0 spiro atoms. The average molecular weight is 747 g/mol. The second-order valence-electron chi connectivity index (χ2n) is 10.6. The van der Waals surface area contributed by atoms with Crippen LogP contribution in [0.2, 0.25) is 0 Å². The molecule has 23 heteroatoms. The Bertz CT molecular complexity index is 1220. The number of carboxylic acids is 1. The van der Waals surface area contributed by atoms with Crippen molar-refractivity contribution in [2.45, 2.75) is 84.0 Å². The Morgan fingerprint density at radius 1 is 0.918 bits per heavy atom. The number of nitrogens with two attached hydrogens (primary N) is 2. The number of carbonyl (C=O) groups excluding carboxylic acids is 5. The third-order valence-corrected chi connectivity index (χ3v) is 7.79. The van der Waals surface area contributed by atoms with Gasteiger partial charge >= 0.3 is 65.1 Å². The van der Waals surface area contributed by atoms with Crippen molar-refractivity contribution < 1.29 is 104 Å². The molecule has 0 bridgehead atoms. The summed E-state index contributed by atoms with van der Waals surface area (Å²) < 4.78 is 17.0. The maximum atomic E-state index is 13.1. The number of carbonyl (C=O) groups is 6. The Balaban J connectivity index is 0. The molecule has 0 aromatic carbocycles. The molecule has 21 nitrogen and oxygen atoms in total. The molecular formula is C26H48KN10O11P. The van der Waals surface area contributed by atoms with Gasteiger partial charge in [-0.3, -0.25) is 38.3 Å². The molecule has 0 aliphatic heterocycles. The van der Waals surface area contributed by atoms with Gasteiger partial charge in [0.25, 0.3) is 0 Å². The summed E-state index contributed by atoms with van der Waals surface area (Å²) in [5.74, 6) is -7.33. The Morgan fingerprint density at radius 2 is 1.51 bits per heavy atom. The number of nitrogens with zero attached hydrogens (tertiary/aromatic N) is 1. The molecule has 49 heavy (non-hydrogen) atoms. The molecule has 274 valence electrons. The Labute approximate surface area is 326 Å². The van der Waals surface area contributed by atoms with Crippen molar-refractivity contribution in [3.63, 3.8) is 0 Å². The first-order chi connectivity index (χ1) is 22.3. The molecule has 0 saturated heterocycles. The quantitative estimate of drug-likeness (QED) is 0.0144. The fourth-order valence-corrected chi connectivity index (χ4v) is 5.03. The molecule has 0 fully saturated rings. The maximum Gasteiger partial charge on any atom is 1.00 e. The molecule has 0 aliphatic carbocycles. The molecule has 0 heterocycles. The van der Waals surface area contributed by atoms with E-state index in [4.69, 9.17) is 26.5 Å². The van der Waals surface area contributed by atoms with Crippen LogP contribution in [0.15, 0.2) is 4.99 Å². The average Bonchev–Trinajstić information content (AvgIpc) is 2.99. The first-order valence-electron chi connectivity index (χ1n) is 15.1. The van der Waals surface area contributed by atoms with Crippen molar-refractivity contribution in [2.75, 3.05) is 26.2 Å². The summed E-state index contributed by atoms with van der Waals surface area (Å²) in [6.45, 7) is 4.75. The topological polar surface area (TPSA) is 353 Å². The van der Waals surface area contributed by atoms with Gasteiger partial charge in [-0.05, 0) is 51.3 Å². The molecule has 0 aromatic rings. The minimum Gasteiger partial charge on any atom is -0.862 e. The SMILES string of the molecule is CCOP(=O)(O)N[C@H](C(=O)N[C@@H](C)C(=O)NCC(=O)N[C@@H](CCC(=N)[O-])C(=O)N[C@@H](CCCN=C(N)N)C(=O)NCC(=O)O)[C@@H](C)CC.[K+]. The van der Waals surface area contributed by atoms with Gasteiger partial charge in [0.15, 0.2) is 5.96 Å². The van der Waals surface area contributed by atoms with Crippen LogP contribution in [-0.2, 0) is 37.9 Å². The summed E-state index contributed by atoms with van der Waals surface area (Å²) in [4.78, 5) is 88.5. The monoisotopic (exact) mass is 746 g/mol. The van der Waals surface area contributed by atoms with Crippen LogP contribution in [-0.4, -0.2) is 108 Å². The first kappa shape index (κ1) is 48.4. The normalized spacial score (nSPS) is 14.9. The molecule has 0 saturated carbocycles. The van der Waals surface area contributed by atoms with Gasteiger partial charge in [-0.2, -0.15) is 0 Å². The molecule has 13 N–H and O–H groups in total. The van der Waals surface area contributed by atoms with Crippen LogP contribution in [0, 0.1) is 11.3 Å². The summed E-state index contributed by atoms with van der Waals surface area (Å²) in [6.07, 6.45) is -0.223. The van der Waals surface area contributed by atoms with E-state index in [1.165, 1.54) is 13.8 Å². The van der Waals surface area contributed by atoms with E-state index in [9.17, 15) is 43.3 Å². The molecule has 6 atom stereocenters. The zero-order valence-electron chi connectivity index (χ0n) is 28.4. The van der Waals surface area contributed by atoms with E-state index >= 15 is 0 Å². The number of guanidine groups is 1. The molecule has 0 aliphatic rings. The van der Waals surface area contributed by atoms with Crippen molar-refractivity contribution in [1.82, 2.24) is 31.7 Å². The number of aliphatic carboxylic acids is 1. The molecule has 0 rings (SSSR count). The van der Waals surface area contributed by atoms with Crippen molar-refractivity contribution in [2.24, 2.45) is 22.4 Å². The standard InChI is InChI=1S/C26H49N10O11P.K/c1-5-14(3)21(36-48(45,46)47-6-2)25(44)33-15(4)22(41)31-12-19(38)34-17(9-10-18(27)37)24(43)35-16(8-7-11-30-26(28)29)23(42)32-13-20(39)40;/h14-17,21H,5-13H2,1-4H3,(H2,27,37)(H,31,41)(H,32,42)(H,33,44)(H,34,38)(H,35,43)(H,39,40)(H4,28,29,30)(H2,36,45,46);/q;+1/p-1/t14-,15-,16-,17-,21-;/m0./s1. The van der Waals surface area contributed by atoms with E-state index in [1.807, 2.05) is 0 Å². The third-order valence-electron chi connectivity index (χ3n) is 6.58. The number of rotatable bonds is 24. The van der Waals surface area contributed by atoms with E-state index in [2.05, 4.69) is 36.7 Å². The molecule has 1 unspecified atom stereocenters. The van der Waals surface area contributed by atoms with Crippen LogP contribution >= 0.6 is 7.75 Å². The minimum absolute atomic E-state index is 0. The van der Waals surface area contributed by atoms with E-state index < -0.39 is 98.7 Å². The van der Waals surface area contributed by atoms with Crippen LogP contribution < -0.4 is 99.6 Å². The second-order valence-corrected chi connectivity index (χ2v) is 12.1. The molecule has 0 radical (unpaired) electrons. The number of hydrogen-bond acceptors (Lipinski definition) is 11. The van der Waals surface area contributed by atoms with Crippen LogP contribution in [0.1, 0.15) is 59.8 Å². The molecule has 5 amide bonds. The van der Waals surface area contributed by atoms with Gasteiger partial charge in [0.1, 0.15) is 24.7 Å². The van der Waals surface area contributed by atoms with Crippen molar-refractivity contribution in [3.8, 4) is 0 Å². The zero-order chi connectivity index (χ0) is 37.0. The fraction of sp³-hybridized carbons (Fsp3) is 0.692. The molecular weight excluding hydrogens is 698 g/mol. The Kier molecular flexibility index (Phi) is 25.0. The Hall–Kier alpha value is -2.69. The largest absolute Gasteiger partial charge is 1.00 e. The second kappa shape index (κ2) is 25.3. The first-order valence-corrected chi connectivity index (χ1v) is 16.6. The zero-order valence-corrected chi connectivity index (χ0v) is 32.4. The summed E-state index contributed by atoms with van der Waals surface area (Å²) in [5.41, 5.74) is 10.5. The summed E-state index contributed by atoms with van der Waals surface area (Å²) >= 11 is 0. The van der Waals surface area contributed by atoms with Crippen LogP contribution in [0.5, 0.6) is 0 Å². The van der Waals surface area contributed by atoms with Gasteiger partial charge < -0.3 is 58.6 Å². The number of hydrogen-bond donors (Lipinski definition) is 11. The van der Waals surface area contributed by atoms with Crippen molar-refractivity contribution in [1.29, 1.82) is 5.41 Å². The van der Waals surface area contributed by atoms with Crippen molar-refractivity contribution >= 4 is 55.1 Å². The van der Waals surface area contributed by atoms with Crippen LogP contribution in [0.25, 0.3) is 0 Å². The minimum atomic E-state index is -4.32. The predicted octanol–water partition coefficient (Wildman–Crippen LogP) is -6.91. The van der Waals surface area contributed by atoms with E-state index in [-0.39, 0.29) is 89.8 Å². The van der Waals surface area contributed by atoms with E-state index in [1.54, 1.807) is 13.8 Å². The van der Waals surface area contributed by atoms with Gasteiger partial charge in [0.2, 0.25) is 29.5 Å². The summed E-state index contributed by atoms with van der Waals surface area (Å²) in [6, 6.07) is -5.15. The maximum absolute atomic E-state index is 13.1. The fourth-order valence-electron chi connectivity index (χ4n) is 3.88. The summed E-state index contributed by atoms with van der Waals surface area (Å²) in [5, 5.41) is 41.1.